The number of rotatable bonds is 9. The summed E-state index contributed by atoms with van der Waals surface area (Å²) in [7, 11) is 0. The molecule has 0 saturated heterocycles. The molecular formula is C23H40O11. The maximum atomic E-state index is 10.7. The lowest BCUT2D eigenvalue weighted by Gasteiger charge is -2.05. The smallest absolute Gasteiger partial charge is 0.305 e. The Balaban J connectivity index is -0.000000188. The molecule has 0 radical (unpaired) electrons. The first-order valence-electron chi connectivity index (χ1n) is 10.7. The number of aliphatic hydroxyl groups excluding tert-OH is 2. The topological polar surface area (TPSA) is 188 Å². The first-order valence-corrected chi connectivity index (χ1v) is 10.7. The molecule has 0 aromatic heterocycles. The normalized spacial score (nSPS) is 9.38. The molecule has 34 heavy (non-hydrogen) atoms. The second kappa shape index (κ2) is 29.8. The standard InChI is InChI=1S/C11H14O3.C3H8O2.3C3H6O2/c1-2-11(12)14-9-8-13-10-6-4-3-5-7-10;1-3(5)2-4;3*1-2-3(4)5/h3-7H,2,8-9H2,1H3;3-5H,2H2,1H3;3*2H2,1H3,(H,4,5). The molecule has 0 fully saturated rings. The van der Waals surface area contributed by atoms with E-state index in [9.17, 15) is 19.2 Å². The monoisotopic (exact) mass is 492 g/mol. The van der Waals surface area contributed by atoms with E-state index >= 15 is 0 Å². The van der Waals surface area contributed by atoms with Gasteiger partial charge in [0.1, 0.15) is 19.0 Å². The lowest BCUT2D eigenvalue weighted by atomic mass is 10.3. The summed E-state index contributed by atoms with van der Waals surface area (Å²) in [6, 6.07) is 9.44. The van der Waals surface area contributed by atoms with Gasteiger partial charge in [-0.2, -0.15) is 0 Å². The van der Waals surface area contributed by atoms with Gasteiger partial charge in [-0.1, -0.05) is 45.9 Å². The molecule has 11 heteroatoms. The molecule has 0 aliphatic rings. The molecule has 1 aromatic carbocycles. The first-order chi connectivity index (χ1) is 15.9. The van der Waals surface area contributed by atoms with Crippen LogP contribution in [0.25, 0.3) is 0 Å². The van der Waals surface area contributed by atoms with Gasteiger partial charge in [-0.25, -0.2) is 0 Å². The number of benzene rings is 1. The Labute approximate surface area is 201 Å². The van der Waals surface area contributed by atoms with Crippen LogP contribution in [0.5, 0.6) is 5.75 Å². The van der Waals surface area contributed by atoms with E-state index in [4.69, 9.17) is 35.0 Å². The van der Waals surface area contributed by atoms with E-state index in [1.54, 1.807) is 27.7 Å². The Morgan fingerprint density at radius 1 is 0.765 bits per heavy atom. The van der Waals surface area contributed by atoms with Crippen LogP contribution in [0.3, 0.4) is 0 Å². The van der Waals surface area contributed by atoms with Crippen LogP contribution in [0, 0.1) is 0 Å². The van der Waals surface area contributed by atoms with Crippen LogP contribution >= 0.6 is 0 Å². The first kappa shape index (κ1) is 38.1. The highest BCUT2D eigenvalue weighted by atomic mass is 16.6. The maximum Gasteiger partial charge on any atom is 0.305 e. The number of aliphatic hydroxyl groups is 2. The van der Waals surface area contributed by atoms with Gasteiger partial charge in [0, 0.05) is 25.7 Å². The van der Waals surface area contributed by atoms with E-state index in [2.05, 4.69) is 0 Å². The van der Waals surface area contributed by atoms with Crippen molar-refractivity contribution in [1.82, 2.24) is 0 Å². The molecule has 0 heterocycles. The highest BCUT2D eigenvalue weighted by molar-refractivity contribution is 5.68. The Hall–Kier alpha value is -3.18. The molecule has 0 aliphatic heterocycles. The number of ether oxygens (including phenoxy) is 2. The van der Waals surface area contributed by atoms with Crippen molar-refractivity contribution < 1.29 is 54.2 Å². The Kier molecular flexibility index (Phi) is 33.4. The molecule has 0 amide bonds. The summed E-state index contributed by atoms with van der Waals surface area (Å²) >= 11 is 0. The quantitative estimate of drug-likeness (QED) is 0.252. The second-order valence-electron chi connectivity index (χ2n) is 6.01. The van der Waals surface area contributed by atoms with E-state index in [-0.39, 0.29) is 31.8 Å². The molecule has 1 rings (SSSR count). The summed E-state index contributed by atoms with van der Waals surface area (Å²) in [6.07, 6.45) is 0.515. The number of carbonyl (C=O) groups is 4. The van der Waals surface area contributed by atoms with Crippen LogP contribution in [0.1, 0.15) is 60.3 Å². The van der Waals surface area contributed by atoms with Gasteiger partial charge in [-0.3, -0.25) is 19.2 Å². The SMILES string of the molecule is CC(O)CO.CCC(=O)O.CCC(=O)O.CCC(=O)O.CCC(=O)OCCOc1ccccc1. The zero-order valence-electron chi connectivity index (χ0n) is 20.6. The largest absolute Gasteiger partial charge is 0.490 e. The van der Waals surface area contributed by atoms with Gasteiger partial charge in [-0.05, 0) is 19.1 Å². The average molecular weight is 493 g/mol. The van der Waals surface area contributed by atoms with Crippen molar-refractivity contribution in [1.29, 1.82) is 0 Å². The number of hydrogen-bond donors (Lipinski definition) is 5. The molecule has 5 N–H and O–H groups in total. The van der Waals surface area contributed by atoms with Gasteiger partial charge in [0.25, 0.3) is 0 Å². The van der Waals surface area contributed by atoms with Gasteiger partial charge < -0.3 is 35.0 Å². The molecule has 1 aromatic rings. The van der Waals surface area contributed by atoms with Crippen molar-refractivity contribution in [2.75, 3.05) is 19.8 Å². The molecule has 11 nitrogen and oxygen atoms in total. The van der Waals surface area contributed by atoms with Crippen molar-refractivity contribution in [2.24, 2.45) is 0 Å². The lowest BCUT2D eigenvalue weighted by Crippen LogP contribution is -2.10. The van der Waals surface area contributed by atoms with E-state index in [1.807, 2.05) is 30.3 Å². The van der Waals surface area contributed by atoms with E-state index in [1.165, 1.54) is 6.92 Å². The molecule has 1 unspecified atom stereocenters. The molecule has 0 aliphatic carbocycles. The van der Waals surface area contributed by atoms with E-state index in [0.29, 0.717) is 19.6 Å². The summed E-state index contributed by atoms with van der Waals surface area (Å²) in [5, 5.41) is 39.2. The van der Waals surface area contributed by atoms with Crippen LogP contribution < -0.4 is 4.74 Å². The van der Waals surface area contributed by atoms with Gasteiger partial charge >= 0.3 is 23.9 Å². The van der Waals surface area contributed by atoms with Crippen molar-refractivity contribution in [3.63, 3.8) is 0 Å². The van der Waals surface area contributed by atoms with Crippen LogP contribution in [-0.2, 0) is 23.9 Å². The molecule has 0 bridgehead atoms. The summed E-state index contributed by atoms with van der Waals surface area (Å²) in [6.45, 7) is 8.66. The third kappa shape index (κ3) is 46.8. The number of aliphatic carboxylic acids is 3. The van der Waals surface area contributed by atoms with Crippen molar-refractivity contribution in [2.45, 2.75) is 66.4 Å². The fraction of sp³-hybridized carbons (Fsp3) is 0.565. The number of para-hydroxylation sites is 1. The van der Waals surface area contributed by atoms with Gasteiger partial charge in [0.05, 0.1) is 12.7 Å². The minimum atomic E-state index is -0.745. The van der Waals surface area contributed by atoms with Crippen LogP contribution in [0.2, 0.25) is 0 Å². The van der Waals surface area contributed by atoms with E-state index < -0.39 is 24.0 Å². The van der Waals surface area contributed by atoms with Crippen LogP contribution in [0.15, 0.2) is 30.3 Å². The summed E-state index contributed by atoms with van der Waals surface area (Å²) < 4.78 is 10.2. The van der Waals surface area contributed by atoms with Crippen molar-refractivity contribution in [3.05, 3.63) is 30.3 Å². The summed E-state index contributed by atoms with van der Waals surface area (Å²) in [4.78, 5) is 38.8. The van der Waals surface area contributed by atoms with Gasteiger partial charge in [0.15, 0.2) is 0 Å². The Morgan fingerprint density at radius 3 is 1.38 bits per heavy atom. The highest BCUT2D eigenvalue weighted by Gasteiger charge is 1.97. The number of hydrogen-bond acceptors (Lipinski definition) is 8. The van der Waals surface area contributed by atoms with E-state index in [0.717, 1.165) is 5.75 Å². The Bertz CT molecular complexity index is 583. The summed E-state index contributed by atoms with van der Waals surface area (Å²) in [5.41, 5.74) is 0. The molecule has 198 valence electrons. The predicted molar refractivity (Wildman–Crippen MR) is 126 cm³/mol. The number of carboxylic acids is 3. The number of carboxylic acid groups (broad SMARTS) is 3. The minimum Gasteiger partial charge on any atom is -0.490 e. The number of esters is 1. The predicted octanol–water partition coefficient (Wildman–Crippen LogP) is 2.82. The summed E-state index contributed by atoms with van der Waals surface area (Å²) in [5.74, 6) is -1.64. The average Bonchev–Trinajstić information content (AvgIpc) is 2.83. The maximum absolute atomic E-state index is 10.7. The molecular weight excluding hydrogens is 452 g/mol. The highest BCUT2D eigenvalue weighted by Crippen LogP contribution is 2.07. The third-order valence-corrected chi connectivity index (χ3v) is 2.82. The zero-order valence-corrected chi connectivity index (χ0v) is 20.6. The molecule has 1 atom stereocenters. The number of carbonyl (C=O) groups excluding carboxylic acids is 1. The Morgan fingerprint density at radius 2 is 1.12 bits per heavy atom. The zero-order chi connectivity index (χ0) is 27.4. The third-order valence-electron chi connectivity index (χ3n) is 2.82. The minimum absolute atomic E-state index is 0.139. The van der Waals surface area contributed by atoms with Crippen molar-refractivity contribution >= 4 is 23.9 Å². The fourth-order valence-corrected chi connectivity index (χ4v) is 0.934. The lowest BCUT2D eigenvalue weighted by molar-refractivity contribution is -0.144. The van der Waals surface area contributed by atoms with Crippen LogP contribution in [0.4, 0.5) is 0 Å². The molecule has 0 saturated carbocycles. The second-order valence-corrected chi connectivity index (χ2v) is 6.01. The van der Waals surface area contributed by atoms with Gasteiger partial charge in [-0.15, -0.1) is 0 Å². The van der Waals surface area contributed by atoms with Crippen LogP contribution in [-0.4, -0.2) is 75.3 Å². The van der Waals surface area contributed by atoms with Crippen molar-refractivity contribution in [3.8, 4) is 5.75 Å². The fourth-order valence-electron chi connectivity index (χ4n) is 0.934. The molecule has 0 spiro atoms. The van der Waals surface area contributed by atoms with Gasteiger partial charge in [0.2, 0.25) is 0 Å².